The molecule has 2 aliphatic rings. The van der Waals surface area contributed by atoms with Crippen LogP contribution < -0.4 is 4.90 Å². The molecule has 0 saturated carbocycles. The first-order valence-corrected chi connectivity index (χ1v) is 10.6. The van der Waals surface area contributed by atoms with Crippen LogP contribution in [0, 0.1) is 12.7 Å². The average molecular weight is 410 g/mol. The van der Waals surface area contributed by atoms with E-state index in [1.807, 2.05) is 13.0 Å². The highest BCUT2D eigenvalue weighted by atomic mass is 19.1. The molecule has 0 radical (unpaired) electrons. The van der Waals surface area contributed by atoms with Crippen LogP contribution in [0.3, 0.4) is 0 Å². The molecule has 8 heteroatoms. The maximum Gasteiger partial charge on any atom is 0.166 e. The molecule has 0 N–H and O–H groups in total. The quantitative estimate of drug-likeness (QED) is 0.662. The van der Waals surface area contributed by atoms with Crippen molar-refractivity contribution in [2.24, 2.45) is 0 Å². The van der Waals surface area contributed by atoms with E-state index in [0.29, 0.717) is 30.4 Å². The first kappa shape index (κ1) is 19.4. The van der Waals surface area contributed by atoms with E-state index < -0.39 is 0 Å². The van der Waals surface area contributed by atoms with E-state index in [2.05, 4.69) is 21.4 Å². The largest absolute Gasteiger partial charge is 0.381 e. The molecule has 2 saturated heterocycles. The van der Waals surface area contributed by atoms with E-state index in [-0.39, 0.29) is 11.9 Å². The van der Waals surface area contributed by atoms with Gasteiger partial charge < -0.3 is 19.1 Å². The Morgan fingerprint density at radius 1 is 1.00 bits per heavy atom. The molecule has 1 aromatic carbocycles. The van der Waals surface area contributed by atoms with Crippen LogP contribution in [0.25, 0.3) is 22.6 Å². The van der Waals surface area contributed by atoms with Crippen molar-refractivity contribution in [2.75, 3.05) is 51.3 Å². The molecule has 2 aromatic heterocycles. The van der Waals surface area contributed by atoms with Gasteiger partial charge in [-0.3, -0.25) is 0 Å². The minimum Gasteiger partial charge on any atom is -0.381 e. The Morgan fingerprint density at radius 2 is 1.73 bits per heavy atom. The summed E-state index contributed by atoms with van der Waals surface area (Å²) >= 11 is 0. The SMILES string of the molecule is Cc1nc(N2CCN(C)CC2)c2nc(-c3ccccc3F)n(C3CCOCC3)c2n1. The van der Waals surface area contributed by atoms with E-state index in [1.54, 1.807) is 12.1 Å². The molecule has 0 unspecified atom stereocenters. The summed E-state index contributed by atoms with van der Waals surface area (Å²) in [4.78, 5) is 19.1. The number of imidazole rings is 1. The van der Waals surface area contributed by atoms with Crippen molar-refractivity contribution >= 4 is 17.0 Å². The van der Waals surface area contributed by atoms with Crippen LogP contribution in [0.5, 0.6) is 0 Å². The maximum absolute atomic E-state index is 14.8. The van der Waals surface area contributed by atoms with Crippen molar-refractivity contribution < 1.29 is 9.13 Å². The number of halogens is 1. The Morgan fingerprint density at radius 3 is 2.47 bits per heavy atom. The smallest absolute Gasteiger partial charge is 0.166 e. The maximum atomic E-state index is 14.8. The van der Waals surface area contributed by atoms with Gasteiger partial charge in [-0.2, -0.15) is 0 Å². The third-order valence-corrected chi connectivity index (χ3v) is 6.11. The Hall–Kier alpha value is -2.58. The number of likely N-dealkylation sites (N-methyl/N-ethyl adjacent to an activating group) is 1. The molecule has 0 aliphatic carbocycles. The first-order valence-electron chi connectivity index (χ1n) is 10.6. The number of ether oxygens (including phenoxy) is 1. The summed E-state index contributed by atoms with van der Waals surface area (Å²) in [5, 5.41) is 0. The fraction of sp³-hybridized carbons (Fsp3) is 0.500. The number of aryl methyl sites for hydroxylation is 1. The molecule has 5 rings (SSSR count). The number of aromatic nitrogens is 4. The Balaban J connectivity index is 1.72. The summed E-state index contributed by atoms with van der Waals surface area (Å²) in [6.07, 6.45) is 1.72. The molecule has 0 spiro atoms. The van der Waals surface area contributed by atoms with Crippen molar-refractivity contribution in [1.82, 2.24) is 24.4 Å². The molecule has 0 amide bonds. The van der Waals surface area contributed by atoms with Gasteiger partial charge in [0.1, 0.15) is 17.5 Å². The second-order valence-corrected chi connectivity index (χ2v) is 8.19. The second-order valence-electron chi connectivity index (χ2n) is 8.19. The molecular formula is C22H27FN6O. The lowest BCUT2D eigenvalue weighted by molar-refractivity contribution is 0.0708. The lowest BCUT2D eigenvalue weighted by atomic mass is 10.1. The minimum absolute atomic E-state index is 0.174. The molecule has 0 bridgehead atoms. The topological polar surface area (TPSA) is 59.3 Å². The van der Waals surface area contributed by atoms with Gasteiger partial charge in [-0.1, -0.05) is 12.1 Å². The van der Waals surface area contributed by atoms with E-state index in [4.69, 9.17) is 19.7 Å². The molecular weight excluding hydrogens is 383 g/mol. The number of hydrogen-bond acceptors (Lipinski definition) is 6. The molecule has 158 valence electrons. The van der Waals surface area contributed by atoms with E-state index >= 15 is 0 Å². The predicted molar refractivity (Wildman–Crippen MR) is 114 cm³/mol. The molecule has 4 heterocycles. The highest BCUT2D eigenvalue weighted by molar-refractivity contribution is 5.87. The number of benzene rings is 1. The number of anilines is 1. The summed E-state index contributed by atoms with van der Waals surface area (Å²) in [5.74, 6) is 1.93. The lowest BCUT2D eigenvalue weighted by Gasteiger charge is -2.33. The van der Waals surface area contributed by atoms with Crippen LogP contribution in [0.4, 0.5) is 10.2 Å². The zero-order valence-corrected chi connectivity index (χ0v) is 17.5. The van der Waals surface area contributed by atoms with Crippen LogP contribution in [0.2, 0.25) is 0 Å². The van der Waals surface area contributed by atoms with Crippen molar-refractivity contribution in [2.45, 2.75) is 25.8 Å². The normalized spacial score (nSPS) is 19.0. The van der Waals surface area contributed by atoms with Crippen molar-refractivity contribution in [3.05, 3.63) is 35.9 Å². The highest BCUT2D eigenvalue weighted by Crippen LogP contribution is 2.36. The van der Waals surface area contributed by atoms with Gasteiger partial charge in [0.2, 0.25) is 0 Å². The zero-order valence-electron chi connectivity index (χ0n) is 17.5. The van der Waals surface area contributed by atoms with E-state index in [9.17, 15) is 4.39 Å². The van der Waals surface area contributed by atoms with Gasteiger partial charge >= 0.3 is 0 Å². The van der Waals surface area contributed by atoms with Gasteiger partial charge in [0.05, 0.1) is 5.56 Å². The molecule has 2 fully saturated rings. The third kappa shape index (κ3) is 3.44. The third-order valence-electron chi connectivity index (χ3n) is 6.11. The molecule has 7 nitrogen and oxygen atoms in total. The van der Waals surface area contributed by atoms with Gasteiger partial charge in [-0.25, -0.2) is 19.3 Å². The average Bonchev–Trinajstić information content (AvgIpc) is 3.13. The molecule has 2 aliphatic heterocycles. The highest BCUT2D eigenvalue weighted by Gasteiger charge is 2.28. The summed E-state index contributed by atoms with van der Waals surface area (Å²) in [7, 11) is 2.13. The van der Waals surface area contributed by atoms with E-state index in [1.165, 1.54) is 6.07 Å². The number of hydrogen-bond donors (Lipinski definition) is 0. The van der Waals surface area contributed by atoms with E-state index in [0.717, 1.165) is 56.0 Å². The van der Waals surface area contributed by atoms with Crippen LogP contribution in [0.15, 0.2) is 24.3 Å². The summed E-state index contributed by atoms with van der Waals surface area (Å²) in [5.41, 5.74) is 2.06. The van der Waals surface area contributed by atoms with Crippen molar-refractivity contribution in [1.29, 1.82) is 0 Å². The van der Waals surface area contributed by atoms with Crippen LogP contribution >= 0.6 is 0 Å². The zero-order chi connectivity index (χ0) is 20.7. The Kier molecular flexibility index (Phi) is 5.12. The number of nitrogens with zero attached hydrogens (tertiary/aromatic N) is 6. The molecule has 0 atom stereocenters. The fourth-order valence-electron chi connectivity index (χ4n) is 4.43. The predicted octanol–water partition coefficient (Wildman–Crippen LogP) is 3.04. The van der Waals surface area contributed by atoms with Crippen molar-refractivity contribution in [3.63, 3.8) is 0 Å². The number of rotatable bonds is 3. The lowest BCUT2D eigenvalue weighted by Crippen LogP contribution is -2.45. The minimum atomic E-state index is -0.271. The van der Waals surface area contributed by atoms with Gasteiger partial charge in [0.15, 0.2) is 17.0 Å². The van der Waals surface area contributed by atoms with Gasteiger partial charge in [-0.15, -0.1) is 0 Å². The molecule has 30 heavy (non-hydrogen) atoms. The van der Waals surface area contributed by atoms with Crippen LogP contribution in [-0.2, 0) is 4.74 Å². The first-order chi connectivity index (χ1) is 14.6. The Bertz CT molecular complexity index is 1050. The standard InChI is InChI=1S/C22H27FN6O/c1-15-24-21(28-11-9-27(2)10-12-28)19-22(25-15)29(16-7-13-30-14-8-16)20(26-19)17-5-3-4-6-18(17)23/h3-6,16H,7-14H2,1-2H3. The number of fused-ring (bicyclic) bond motifs is 1. The number of piperazine rings is 1. The monoisotopic (exact) mass is 410 g/mol. The summed E-state index contributed by atoms with van der Waals surface area (Å²) in [6.45, 7) is 7.04. The van der Waals surface area contributed by atoms with Crippen LogP contribution in [0.1, 0.15) is 24.7 Å². The molecule has 3 aromatic rings. The second kappa shape index (κ2) is 7.92. The summed E-state index contributed by atoms with van der Waals surface area (Å²) in [6, 6.07) is 7.02. The van der Waals surface area contributed by atoms with Crippen molar-refractivity contribution in [3.8, 4) is 11.4 Å². The van der Waals surface area contributed by atoms with Gasteiger partial charge in [-0.05, 0) is 38.9 Å². The fourth-order valence-corrected chi connectivity index (χ4v) is 4.43. The summed E-state index contributed by atoms with van der Waals surface area (Å²) < 4.78 is 22.5. The van der Waals surface area contributed by atoms with Gasteiger partial charge in [0.25, 0.3) is 0 Å². The van der Waals surface area contributed by atoms with Gasteiger partial charge in [0, 0.05) is 45.4 Å². The Labute approximate surface area is 175 Å². The van der Waals surface area contributed by atoms with Crippen LogP contribution in [-0.4, -0.2) is 70.9 Å².